The molecule has 0 unspecified atom stereocenters. The summed E-state index contributed by atoms with van der Waals surface area (Å²) in [5.74, 6) is 0.708. The molecule has 1 aliphatic rings. The molecule has 1 atom stereocenters. The SMILES string of the molecule is COc1cccc(N2C(=O)c3ccccc3N[C@H]2c2cccs2)c1. The highest BCUT2D eigenvalue weighted by Crippen LogP contribution is 2.38. The van der Waals surface area contributed by atoms with Crippen LogP contribution in [0.1, 0.15) is 21.4 Å². The number of carbonyl (C=O) groups excluding carboxylic acids is 1. The van der Waals surface area contributed by atoms with Crippen LogP contribution in [0.4, 0.5) is 11.4 Å². The van der Waals surface area contributed by atoms with Gasteiger partial charge in [-0.25, -0.2) is 0 Å². The van der Waals surface area contributed by atoms with Gasteiger partial charge in [-0.05, 0) is 35.7 Å². The van der Waals surface area contributed by atoms with Crippen LogP contribution in [0.3, 0.4) is 0 Å². The lowest BCUT2D eigenvalue weighted by molar-refractivity contribution is 0.0975. The van der Waals surface area contributed by atoms with E-state index in [1.165, 1.54) is 0 Å². The van der Waals surface area contributed by atoms with Gasteiger partial charge in [-0.2, -0.15) is 0 Å². The van der Waals surface area contributed by atoms with Crippen molar-refractivity contribution in [2.75, 3.05) is 17.3 Å². The lowest BCUT2D eigenvalue weighted by atomic mass is 10.1. The average Bonchev–Trinajstić information content (AvgIpc) is 3.16. The fraction of sp³-hybridized carbons (Fsp3) is 0.105. The van der Waals surface area contributed by atoms with Gasteiger partial charge < -0.3 is 10.1 Å². The summed E-state index contributed by atoms with van der Waals surface area (Å²) in [7, 11) is 1.63. The van der Waals surface area contributed by atoms with Gasteiger partial charge in [-0.15, -0.1) is 11.3 Å². The Morgan fingerprint density at radius 2 is 1.96 bits per heavy atom. The summed E-state index contributed by atoms with van der Waals surface area (Å²) in [6.45, 7) is 0. The van der Waals surface area contributed by atoms with Crippen molar-refractivity contribution in [2.45, 2.75) is 6.17 Å². The van der Waals surface area contributed by atoms with Crippen molar-refractivity contribution in [1.82, 2.24) is 0 Å². The van der Waals surface area contributed by atoms with Crippen molar-refractivity contribution < 1.29 is 9.53 Å². The standard InChI is InChI=1S/C19H16N2O2S/c1-23-14-7-4-6-13(12-14)21-18(17-10-5-11-24-17)20-16-9-3-2-8-15(16)19(21)22/h2-12,18,20H,1H3/t18-/m1/s1. The molecule has 0 spiro atoms. The fourth-order valence-corrected chi connectivity index (χ4v) is 3.69. The highest BCUT2D eigenvalue weighted by Gasteiger charge is 2.34. The van der Waals surface area contributed by atoms with Crippen LogP contribution >= 0.6 is 11.3 Å². The molecular formula is C19H16N2O2S. The van der Waals surface area contributed by atoms with E-state index in [0.717, 1.165) is 22.0 Å². The van der Waals surface area contributed by atoms with Crippen LogP contribution in [0.15, 0.2) is 66.0 Å². The minimum atomic E-state index is -0.237. The topological polar surface area (TPSA) is 41.6 Å². The summed E-state index contributed by atoms with van der Waals surface area (Å²) in [6, 6.07) is 19.2. The molecule has 4 rings (SSSR count). The number of benzene rings is 2. The summed E-state index contributed by atoms with van der Waals surface area (Å²) in [4.78, 5) is 16.0. The third-order valence-electron chi connectivity index (χ3n) is 4.07. The van der Waals surface area contributed by atoms with Gasteiger partial charge in [-0.1, -0.05) is 24.3 Å². The maximum Gasteiger partial charge on any atom is 0.262 e. The van der Waals surface area contributed by atoms with Gasteiger partial charge in [-0.3, -0.25) is 9.69 Å². The monoisotopic (exact) mass is 336 g/mol. The van der Waals surface area contributed by atoms with Gasteiger partial charge in [0, 0.05) is 16.6 Å². The Morgan fingerprint density at radius 3 is 2.75 bits per heavy atom. The fourth-order valence-electron chi connectivity index (χ4n) is 2.93. The molecule has 0 radical (unpaired) electrons. The second-order valence-corrected chi connectivity index (χ2v) is 6.46. The number of thiophene rings is 1. The molecule has 0 saturated carbocycles. The molecule has 120 valence electrons. The quantitative estimate of drug-likeness (QED) is 0.764. The molecule has 2 aromatic carbocycles. The molecule has 2 heterocycles. The van der Waals surface area contributed by atoms with Crippen molar-refractivity contribution in [3.63, 3.8) is 0 Å². The summed E-state index contributed by atoms with van der Waals surface area (Å²) < 4.78 is 5.32. The van der Waals surface area contributed by atoms with E-state index in [9.17, 15) is 4.79 Å². The molecule has 0 saturated heterocycles. The second-order valence-electron chi connectivity index (χ2n) is 5.48. The number of rotatable bonds is 3. The number of methoxy groups -OCH3 is 1. The van der Waals surface area contributed by atoms with Crippen LogP contribution in [0.5, 0.6) is 5.75 Å². The Bertz CT molecular complexity index is 877. The first-order valence-electron chi connectivity index (χ1n) is 7.64. The zero-order valence-electron chi connectivity index (χ0n) is 13.1. The molecule has 24 heavy (non-hydrogen) atoms. The number of hydrogen-bond acceptors (Lipinski definition) is 4. The Hall–Kier alpha value is -2.79. The molecule has 0 aliphatic carbocycles. The van der Waals surface area contributed by atoms with Crippen molar-refractivity contribution in [3.8, 4) is 5.75 Å². The Balaban J connectivity index is 1.85. The smallest absolute Gasteiger partial charge is 0.262 e. The molecule has 1 aliphatic heterocycles. The van der Waals surface area contributed by atoms with Crippen LogP contribution in [-0.4, -0.2) is 13.0 Å². The van der Waals surface area contributed by atoms with Gasteiger partial charge in [0.1, 0.15) is 11.9 Å². The highest BCUT2D eigenvalue weighted by atomic mass is 32.1. The zero-order chi connectivity index (χ0) is 16.5. The van der Waals surface area contributed by atoms with E-state index in [-0.39, 0.29) is 12.1 Å². The van der Waals surface area contributed by atoms with E-state index >= 15 is 0 Å². The van der Waals surface area contributed by atoms with E-state index in [0.29, 0.717) is 5.56 Å². The Labute approximate surface area is 144 Å². The van der Waals surface area contributed by atoms with E-state index in [1.54, 1.807) is 23.3 Å². The number of anilines is 2. The first kappa shape index (κ1) is 14.8. The van der Waals surface area contributed by atoms with Crippen LogP contribution < -0.4 is 15.0 Å². The van der Waals surface area contributed by atoms with E-state index in [2.05, 4.69) is 5.32 Å². The normalized spacial score (nSPS) is 16.5. The lowest BCUT2D eigenvalue weighted by Crippen LogP contribution is -2.42. The van der Waals surface area contributed by atoms with Gasteiger partial charge >= 0.3 is 0 Å². The molecule has 5 heteroatoms. The molecule has 4 nitrogen and oxygen atoms in total. The van der Waals surface area contributed by atoms with Crippen LogP contribution in [0.2, 0.25) is 0 Å². The lowest BCUT2D eigenvalue weighted by Gasteiger charge is -2.37. The van der Waals surface area contributed by atoms with Gasteiger partial charge in [0.05, 0.1) is 18.4 Å². The van der Waals surface area contributed by atoms with Crippen molar-refractivity contribution in [2.24, 2.45) is 0 Å². The second kappa shape index (κ2) is 6.02. The number of nitrogens with zero attached hydrogens (tertiary/aromatic N) is 1. The summed E-state index contributed by atoms with van der Waals surface area (Å²) in [5, 5.41) is 5.51. The zero-order valence-corrected chi connectivity index (χ0v) is 13.9. The summed E-state index contributed by atoms with van der Waals surface area (Å²) >= 11 is 1.63. The van der Waals surface area contributed by atoms with Crippen LogP contribution in [0, 0.1) is 0 Å². The summed E-state index contributed by atoms with van der Waals surface area (Å²) in [6.07, 6.45) is -0.237. The number of ether oxygens (including phenoxy) is 1. The molecular weight excluding hydrogens is 320 g/mol. The first-order valence-corrected chi connectivity index (χ1v) is 8.52. The number of nitrogens with one attached hydrogen (secondary N) is 1. The number of para-hydroxylation sites is 1. The Morgan fingerprint density at radius 1 is 1.08 bits per heavy atom. The minimum absolute atomic E-state index is 0.0176. The van der Waals surface area contributed by atoms with Crippen molar-refractivity contribution >= 4 is 28.6 Å². The largest absolute Gasteiger partial charge is 0.497 e. The Kier molecular flexibility index (Phi) is 3.70. The predicted molar refractivity (Wildman–Crippen MR) is 96.9 cm³/mol. The van der Waals surface area contributed by atoms with Gasteiger partial charge in [0.15, 0.2) is 0 Å². The number of fused-ring (bicyclic) bond motifs is 1. The first-order chi connectivity index (χ1) is 11.8. The third-order valence-corrected chi connectivity index (χ3v) is 5.00. The maximum atomic E-state index is 13.2. The molecule has 1 amide bonds. The van der Waals surface area contributed by atoms with E-state index in [4.69, 9.17) is 4.74 Å². The van der Waals surface area contributed by atoms with Crippen molar-refractivity contribution in [3.05, 3.63) is 76.5 Å². The number of hydrogen-bond donors (Lipinski definition) is 1. The molecule has 1 N–H and O–H groups in total. The predicted octanol–water partition coefficient (Wildman–Crippen LogP) is 4.53. The number of amides is 1. The molecule has 0 fully saturated rings. The molecule has 1 aromatic heterocycles. The number of carbonyl (C=O) groups is 1. The maximum absolute atomic E-state index is 13.2. The third kappa shape index (κ3) is 2.43. The average molecular weight is 336 g/mol. The van der Waals surface area contributed by atoms with Gasteiger partial charge in [0.25, 0.3) is 5.91 Å². The summed E-state index contributed by atoms with van der Waals surface area (Å²) in [5.41, 5.74) is 2.34. The van der Waals surface area contributed by atoms with Crippen LogP contribution in [0.25, 0.3) is 0 Å². The molecule has 3 aromatic rings. The van der Waals surface area contributed by atoms with E-state index < -0.39 is 0 Å². The van der Waals surface area contributed by atoms with Crippen molar-refractivity contribution in [1.29, 1.82) is 0 Å². The molecule has 0 bridgehead atoms. The van der Waals surface area contributed by atoms with E-state index in [1.807, 2.05) is 66.0 Å². The highest BCUT2D eigenvalue weighted by molar-refractivity contribution is 7.10. The van der Waals surface area contributed by atoms with Gasteiger partial charge in [0.2, 0.25) is 0 Å². The minimum Gasteiger partial charge on any atom is -0.497 e. The van der Waals surface area contributed by atoms with Crippen LogP contribution in [-0.2, 0) is 0 Å².